The zero-order valence-corrected chi connectivity index (χ0v) is 10.9. The maximum absolute atomic E-state index is 5.58. The van der Waals surface area contributed by atoms with Crippen molar-refractivity contribution < 1.29 is 4.74 Å². The SMILES string of the molecule is Cc1ccccc1N=Cc1ccccc1OCCl. The average Bonchev–Trinajstić information content (AvgIpc) is 2.40. The Kier molecular flexibility index (Phi) is 4.37. The molecule has 0 aliphatic carbocycles. The second kappa shape index (κ2) is 6.22. The summed E-state index contributed by atoms with van der Waals surface area (Å²) in [4.78, 5) is 4.47. The molecule has 0 spiro atoms. The first-order valence-electron chi connectivity index (χ1n) is 5.69. The van der Waals surface area contributed by atoms with Gasteiger partial charge in [-0.05, 0) is 30.7 Å². The molecule has 18 heavy (non-hydrogen) atoms. The molecular formula is C15H14ClNO. The summed E-state index contributed by atoms with van der Waals surface area (Å²) in [6, 6.07) is 15.8. The quantitative estimate of drug-likeness (QED) is 0.592. The molecule has 0 saturated heterocycles. The van der Waals surface area contributed by atoms with Gasteiger partial charge in [-0.25, -0.2) is 0 Å². The molecule has 0 amide bonds. The number of hydrogen-bond acceptors (Lipinski definition) is 2. The lowest BCUT2D eigenvalue weighted by Gasteiger charge is -2.05. The third-order valence-electron chi connectivity index (χ3n) is 2.59. The van der Waals surface area contributed by atoms with Crippen molar-refractivity contribution in [3.63, 3.8) is 0 Å². The number of benzene rings is 2. The van der Waals surface area contributed by atoms with E-state index in [1.165, 1.54) is 0 Å². The van der Waals surface area contributed by atoms with Gasteiger partial charge in [-0.15, -0.1) is 0 Å². The van der Waals surface area contributed by atoms with E-state index < -0.39 is 0 Å². The molecule has 0 saturated carbocycles. The van der Waals surface area contributed by atoms with E-state index in [-0.39, 0.29) is 6.07 Å². The van der Waals surface area contributed by atoms with Gasteiger partial charge in [0.05, 0.1) is 5.69 Å². The number of aliphatic imine (C=N–C) groups is 1. The minimum Gasteiger partial charge on any atom is -0.477 e. The summed E-state index contributed by atoms with van der Waals surface area (Å²) in [6.07, 6.45) is 1.80. The van der Waals surface area contributed by atoms with Crippen LogP contribution in [-0.2, 0) is 0 Å². The van der Waals surface area contributed by atoms with Gasteiger partial charge in [0.2, 0.25) is 0 Å². The van der Waals surface area contributed by atoms with Gasteiger partial charge >= 0.3 is 0 Å². The van der Waals surface area contributed by atoms with Crippen molar-refractivity contribution in [2.24, 2.45) is 4.99 Å². The molecule has 2 aromatic rings. The molecule has 3 heteroatoms. The Hall–Kier alpha value is -1.80. The molecule has 2 nitrogen and oxygen atoms in total. The van der Waals surface area contributed by atoms with Crippen LogP contribution in [0.25, 0.3) is 0 Å². The molecule has 0 N–H and O–H groups in total. The number of ether oxygens (including phenoxy) is 1. The molecule has 0 aliphatic rings. The predicted molar refractivity (Wildman–Crippen MR) is 76.2 cm³/mol. The van der Waals surface area contributed by atoms with Gasteiger partial charge in [0.15, 0.2) is 6.07 Å². The number of para-hydroxylation sites is 2. The fourth-order valence-electron chi connectivity index (χ4n) is 1.62. The summed E-state index contributed by atoms with van der Waals surface area (Å²) in [6.45, 7) is 2.04. The number of aryl methyl sites for hydroxylation is 1. The third kappa shape index (κ3) is 3.11. The van der Waals surface area contributed by atoms with Gasteiger partial charge in [-0.3, -0.25) is 4.99 Å². The van der Waals surface area contributed by atoms with E-state index in [1.54, 1.807) is 6.21 Å². The van der Waals surface area contributed by atoms with Gasteiger partial charge in [0, 0.05) is 11.8 Å². The fraction of sp³-hybridized carbons (Fsp3) is 0.133. The van der Waals surface area contributed by atoms with E-state index in [0.29, 0.717) is 0 Å². The minimum atomic E-state index is 0.134. The monoisotopic (exact) mass is 259 g/mol. The van der Waals surface area contributed by atoms with Crippen LogP contribution in [0.2, 0.25) is 0 Å². The molecule has 0 atom stereocenters. The normalized spacial score (nSPS) is 10.8. The van der Waals surface area contributed by atoms with Crippen molar-refractivity contribution in [2.45, 2.75) is 6.92 Å². The molecule has 0 radical (unpaired) electrons. The topological polar surface area (TPSA) is 21.6 Å². The number of halogens is 1. The predicted octanol–water partition coefficient (Wildman–Crippen LogP) is 4.32. The molecule has 0 aromatic heterocycles. The number of rotatable bonds is 4. The standard InChI is InChI=1S/C15H14ClNO/c1-12-6-2-4-8-14(12)17-10-13-7-3-5-9-15(13)18-11-16/h2-10H,11H2,1H3. The Morgan fingerprint density at radius 1 is 1.11 bits per heavy atom. The second-order valence-electron chi connectivity index (χ2n) is 3.84. The minimum absolute atomic E-state index is 0.134. The average molecular weight is 260 g/mol. The van der Waals surface area contributed by atoms with Gasteiger partial charge in [-0.1, -0.05) is 41.9 Å². The highest BCUT2D eigenvalue weighted by molar-refractivity contribution is 6.17. The lowest BCUT2D eigenvalue weighted by molar-refractivity contribution is 0.387. The van der Waals surface area contributed by atoms with Crippen LogP contribution in [0.5, 0.6) is 5.75 Å². The Morgan fingerprint density at radius 2 is 1.83 bits per heavy atom. The Morgan fingerprint density at radius 3 is 2.61 bits per heavy atom. The van der Waals surface area contributed by atoms with E-state index in [9.17, 15) is 0 Å². The van der Waals surface area contributed by atoms with Crippen LogP contribution in [0.3, 0.4) is 0 Å². The molecule has 2 rings (SSSR count). The first-order chi connectivity index (χ1) is 8.81. The zero-order chi connectivity index (χ0) is 12.8. The lowest BCUT2D eigenvalue weighted by atomic mass is 10.2. The van der Waals surface area contributed by atoms with Gasteiger partial charge in [0.25, 0.3) is 0 Å². The summed E-state index contributed by atoms with van der Waals surface area (Å²) in [5.74, 6) is 0.741. The van der Waals surface area contributed by atoms with Crippen LogP contribution in [0.1, 0.15) is 11.1 Å². The first kappa shape index (κ1) is 12.7. The fourth-order valence-corrected chi connectivity index (χ4v) is 1.74. The largest absolute Gasteiger partial charge is 0.477 e. The Labute approximate surface area is 112 Å². The van der Waals surface area contributed by atoms with E-state index in [1.807, 2.05) is 55.5 Å². The van der Waals surface area contributed by atoms with Crippen LogP contribution in [0.4, 0.5) is 5.69 Å². The van der Waals surface area contributed by atoms with Crippen molar-refractivity contribution >= 4 is 23.5 Å². The third-order valence-corrected chi connectivity index (χ3v) is 2.70. The second-order valence-corrected chi connectivity index (χ2v) is 4.05. The maximum Gasteiger partial charge on any atom is 0.162 e. The highest BCUT2D eigenvalue weighted by Gasteiger charge is 1.99. The Balaban J connectivity index is 2.26. The summed E-state index contributed by atoms with van der Waals surface area (Å²) in [5.41, 5.74) is 3.02. The molecule has 0 fully saturated rings. The Bertz CT molecular complexity index is 552. The maximum atomic E-state index is 5.58. The van der Waals surface area contributed by atoms with Crippen molar-refractivity contribution in [3.05, 3.63) is 59.7 Å². The van der Waals surface area contributed by atoms with E-state index in [0.717, 1.165) is 22.6 Å². The molecule has 92 valence electrons. The number of nitrogens with zero attached hydrogens (tertiary/aromatic N) is 1. The smallest absolute Gasteiger partial charge is 0.162 e. The van der Waals surface area contributed by atoms with E-state index >= 15 is 0 Å². The first-order valence-corrected chi connectivity index (χ1v) is 6.22. The van der Waals surface area contributed by atoms with Crippen LogP contribution in [-0.4, -0.2) is 12.3 Å². The molecule has 0 heterocycles. The van der Waals surface area contributed by atoms with Crippen molar-refractivity contribution in [1.82, 2.24) is 0 Å². The molecule has 2 aromatic carbocycles. The van der Waals surface area contributed by atoms with Gasteiger partial charge < -0.3 is 4.74 Å². The molecule has 0 unspecified atom stereocenters. The number of alkyl halides is 1. The van der Waals surface area contributed by atoms with Crippen molar-refractivity contribution in [3.8, 4) is 5.75 Å². The van der Waals surface area contributed by atoms with Gasteiger partial charge in [-0.2, -0.15) is 0 Å². The van der Waals surface area contributed by atoms with Crippen LogP contribution < -0.4 is 4.74 Å². The van der Waals surface area contributed by atoms with Crippen LogP contribution in [0, 0.1) is 6.92 Å². The molecular weight excluding hydrogens is 246 g/mol. The summed E-state index contributed by atoms with van der Waals surface area (Å²) >= 11 is 5.58. The lowest BCUT2D eigenvalue weighted by Crippen LogP contribution is -1.93. The van der Waals surface area contributed by atoms with Crippen LogP contribution in [0.15, 0.2) is 53.5 Å². The van der Waals surface area contributed by atoms with E-state index in [2.05, 4.69) is 4.99 Å². The van der Waals surface area contributed by atoms with Crippen molar-refractivity contribution in [1.29, 1.82) is 0 Å². The zero-order valence-electron chi connectivity index (χ0n) is 10.1. The molecule has 0 aliphatic heterocycles. The number of hydrogen-bond donors (Lipinski definition) is 0. The van der Waals surface area contributed by atoms with Crippen molar-refractivity contribution in [2.75, 3.05) is 6.07 Å². The molecule has 0 bridgehead atoms. The van der Waals surface area contributed by atoms with E-state index in [4.69, 9.17) is 16.3 Å². The summed E-state index contributed by atoms with van der Waals surface area (Å²) in [7, 11) is 0. The summed E-state index contributed by atoms with van der Waals surface area (Å²) < 4.78 is 5.33. The van der Waals surface area contributed by atoms with Crippen LogP contribution >= 0.6 is 11.6 Å². The highest BCUT2D eigenvalue weighted by atomic mass is 35.5. The van der Waals surface area contributed by atoms with Gasteiger partial charge in [0.1, 0.15) is 5.75 Å². The summed E-state index contributed by atoms with van der Waals surface area (Å²) in [5, 5.41) is 0. The highest BCUT2D eigenvalue weighted by Crippen LogP contribution is 2.20.